The Morgan fingerprint density at radius 1 is 1.30 bits per heavy atom. The molecular formula is C16H22N2O2. The summed E-state index contributed by atoms with van der Waals surface area (Å²) in [6.07, 6.45) is 0.715. The van der Waals surface area contributed by atoms with Crippen LogP contribution < -0.4 is 0 Å². The smallest absolute Gasteiger partial charge is 0.243 e. The molecule has 3 rings (SSSR count). The fourth-order valence-corrected chi connectivity index (χ4v) is 3.28. The lowest BCUT2D eigenvalue weighted by molar-refractivity contribution is -0.239. The summed E-state index contributed by atoms with van der Waals surface area (Å²) < 4.78 is 0. The van der Waals surface area contributed by atoms with Gasteiger partial charge in [0.15, 0.2) is 0 Å². The van der Waals surface area contributed by atoms with Crippen LogP contribution in [-0.4, -0.2) is 34.6 Å². The number of rotatable bonds is 2. The van der Waals surface area contributed by atoms with Gasteiger partial charge in [0.1, 0.15) is 17.8 Å². The van der Waals surface area contributed by atoms with E-state index in [-0.39, 0.29) is 23.7 Å². The largest absolute Gasteiger partial charge is 0.324 e. The van der Waals surface area contributed by atoms with E-state index < -0.39 is 0 Å². The Balaban J connectivity index is 1.91. The first kappa shape index (κ1) is 13.6. The van der Waals surface area contributed by atoms with Crippen LogP contribution in [0.2, 0.25) is 0 Å². The van der Waals surface area contributed by atoms with Gasteiger partial charge in [-0.25, -0.2) is 0 Å². The summed E-state index contributed by atoms with van der Waals surface area (Å²) in [6.45, 7) is 6.35. The van der Waals surface area contributed by atoms with Gasteiger partial charge in [0.2, 0.25) is 5.91 Å². The number of likely N-dealkylation sites (N-methyl/N-ethyl adjacent to an activating group) is 1. The molecule has 0 unspecified atom stereocenters. The van der Waals surface area contributed by atoms with Gasteiger partial charge >= 0.3 is 0 Å². The van der Waals surface area contributed by atoms with E-state index in [1.54, 1.807) is 0 Å². The van der Waals surface area contributed by atoms with E-state index >= 15 is 0 Å². The molecule has 1 amide bonds. The van der Waals surface area contributed by atoms with E-state index in [0.29, 0.717) is 5.92 Å². The molecule has 3 atom stereocenters. The summed E-state index contributed by atoms with van der Waals surface area (Å²) in [7, 11) is 1.88. The van der Waals surface area contributed by atoms with E-state index in [1.165, 1.54) is 0 Å². The zero-order valence-corrected chi connectivity index (χ0v) is 12.5. The number of amides is 1. The lowest BCUT2D eigenvalue weighted by atomic mass is 9.97. The third-order valence-corrected chi connectivity index (χ3v) is 4.97. The first-order chi connectivity index (χ1) is 9.46. The minimum atomic E-state index is -0.370. The summed E-state index contributed by atoms with van der Waals surface area (Å²) in [4.78, 5) is 20.5. The lowest BCUT2D eigenvalue weighted by Gasteiger charge is -2.41. The second-order valence-corrected chi connectivity index (χ2v) is 6.23. The first-order valence-electron chi connectivity index (χ1n) is 7.25. The predicted molar refractivity (Wildman–Crippen MR) is 76.5 cm³/mol. The monoisotopic (exact) mass is 274 g/mol. The van der Waals surface area contributed by atoms with Crippen LogP contribution in [0.25, 0.3) is 0 Å². The van der Waals surface area contributed by atoms with Gasteiger partial charge in [-0.1, -0.05) is 44.2 Å². The van der Waals surface area contributed by atoms with Gasteiger partial charge in [-0.05, 0) is 18.4 Å². The number of carbonyl (C=O) groups excluding carboxylic acids is 1. The molecule has 2 saturated heterocycles. The summed E-state index contributed by atoms with van der Waals surface area (Å²) in [5.41, 5.74) is 0.772. The SMILES string of the molecule is CC(C)[C@@]1(C)N(C)C(=O)[C@@H]2C[C@@H](c3ccccc3)ON21. The van der Waals surface area contributed by atoms with Crippen LogP contribution in [0.1, 0.15) is 38.9 Å². The molecule has 4 heteroatoms. The molecule has 0 aromatic heterocycles. The minimum absolute atomic E-state index is 0.0167. The second kappa shape index (κ2) is 4.57. The van der Waals surface area contributed by atoms with Crippen molar-refractivity contribution in [2.45, 2.75) is 45.0 Å². The molecule has 20 heavy (non-hydrogen) atoms. The van der Waals surface area contributed by atoms with Crippen molar-refractivity contribution in [1.29, 1.82) is 0 Å². The molecule has 2 heterocycles. The van der Waals surface area contributed by atoms with Gasteiger partial charge in [-0.15, -0.1) is 0 Å². The lowest BCUT2D eigenvalue weighted by Crippen LogP contribution is -2.53. The first-order valence-corrected chi connectivity index (χ1v) is 7.25. The summed E-state index contributed by atoms with van der Waals surface area (Å²) in [5, 5.41) is 1.93. The van der Waals surface area contributed by atoms with Crippen molar-refractivity contribution in [3.63, 3.8) is 0 Å². The van der Waals surface area contributed by atoms with Crippen LogP contribution in [0.3, 0.4) is 0 Å². The van der Waals surface area contributed by atoms with Gasteiger partial charge in [-0.3, -0.25) is 9.63 Å². The summed E-state index contributed by atoms with van der Waals surface area (Å²) in [5.74, 6) is 0.468. The van der Waals surface area contributed by atoms with Gasteiger partial charge in [0.05, 0.1) is 0 Å². The van der Waals surface area contributed by atoms with Crippen molar-refractivity contribution >= 4 is 5.91 Å². The fraction of sp³-hybridized carbons (Fsp3) is 0.562. The van der Waals surface area contributed by atoms with Crippen molar-refractivity contribution in [3.8, 4) is 0 Å². The van der Waals surface area contributed by atoms with Crippen LogP contribution >= 0.6 is 0 Å². The highest BCUT2D eigenvalue weighted by Gasteiger charge is 2.59. The molecule has 0 spiro atoms. The topological polar surface area (TPSA) is 32.8 Å². The molecule has 2 fully saturated rings. The van der Waals surface area contributed by atoms with E-state index in [2.05, 4.69) is 32.9 Å². The van der Waals surface area contributed by atoms with Crippen LogP contribution in [-0.2, 0) is 9.63 Å². The number of hydrogen-bond donors (Lipinski definition) is 0. The quantitative estimate of drug-likeness (QED) is 0.831. The van der Waals surface area contributed by atoms with E-state index in [0.717, 1.165) is 12.0 Å². The van der Waals surface area contributed by atoms with Gasteiger partial charge in [-0.2, -0.15) is 5.06 Å². The molecule has 0 N–H and O–H groups in total. The van der Waals surface area contributed by atoms with Crippen LogP contribution in [0, 0.1) is 5.92 Å². The van der Waals surface area contributed by atoms with Gasteiger partial charge in [0.25, 0.3) is 0 Å². The Bertz CT molecular complexity index is 516. The fourth-order valence-electron chi connectivity index (χ4n) is 3.28. The number of benzene rings is 1. The summed E-state index contributed by atoms with van der Waals surface area (Å²) >= 11 is 0. The highest BCUT2D eigenvalue weighted by Crippen LogP contribution is 2.46. The maximum Gasteiger partial charge on any atom is 0.243 e. The van der Waals surface area contributed by atoms with Gasteiger partial charge < -0.3 is 4.90 Å². The molecule has 2 aliphatic heterocycles. The Hall–Kier alpha value is -1.39. The zero-order valence-electron chi connectivity index (χ0n) is 12.5. The van der Waals surface area contributed by atoms with Crippen molar-refractivity contribution in [1.82, 2.24) is 9.96 Å². The van der Waals surface area contributed by atoms with Crippen molar-refractivity contribution < 1.29 is 9.63 Å². The average molecular weight is 274 g/mol. The van der Waals surface area contributed by atoms with E-state index in [1.807, 2.05) is 35.2 Å². The Morgan fingerprint density at radius 2 is 1.95 bits per heavy atom. The molecule has 0 radical (unpaired) electrons. The minimum Gasteiger partial charge on any atom is -0.324 e. The maximum atomic E-state index is 12.5. The Labute approximate surface area is 120 Å². The molecule has 0 bridgehead atoms. The standard InChI is InChI=1S/C16H22N2O2/c1-11(2)16(3)17(4)15(19)13-10-14(20-18(13)16)12-8-6-5-7-9-12/h5-9,11,13-14H,10H2,1-4H3/t13-,14-,16-/m0/s1. The third-order valence-electron chi connectivity index (χ3n) is 4.97. The molecule has 4 nitrogen and oxygen atoms in total. The number of nitrogens with zero attached hydrogens (tertiary/aromatic N) is 2. The number of fused-ring (bicyclic) bond motifs is 1. The third kappa shape index (κ3) is 1.71. The highest BCUT2D eigenvalue weighted by molar-refractivity contribution is 5.85. The number of hydrogen-bond acceptors (Lipinski definition) is 3. The molecule has 0 saturated carbocycles. The van der Waals surface area contributed by atoms with Crippen molar-refractivity contribution in [3.05, 3.63) is 35.9 Å². The second-order valence-electron chi connectivity index (χ2n) is 6.23. The molecular weight excluding hydrogens is 252 g/mol. The normalized spacial score (nSPS) is 34.0. The zero-order chi connectivity index (χ0) is 14.5. The molecule has 2 aliphatic rings. The number of carbonyl (C=O) groups is 1. The Kier molecular flexibility index (Phi) is 3.10. The van der Waals surface area contributed by atoms with Crippen molar-refractivity contribution in [2.24, 2.45) is 5.92 Å². The predicted octanol–water partition coefficient (Wildman–Crippen LogP) is 2.58. The average Bonchev–Trinajstić information content (AvgIpc) is 2.96. The molecule has 1 aromatic carbocycles. The summed E-state index contributed by atoms with van der Waals surface area (Å²) in [6, 6.07) is 9.99. The van der Waals surface area contributed by atoms with Crippen LogP contribution in [0.5, 0.6) is 0 Å². The highest BCUT2D eigenvalue weighted by atomic mass is 16.7. The number of hydroxylamine groups is 2. The molecule has 1 aromatic rings. The van der Waals surface area contributed by atoms with Crippen molar-refractivity contribution in [2.75, 3.05) is 7.05 Å². The molecule has 0 aliphatic carbocycles. The van der Waals surface area contributed by atoms with Crippen LogP contribution in [0.4, 0.5) is 0 Å². The van der Waals surface area contributed by atoms with E-state index in [9.17, 15) is 4.79 Å². The molecule has 108 valence electrons. The Morgan fingerprint density at radius 3 is 2.55 bits per heavy atom. The van der Waals surface area contributed by atoms with Crippen LogP contribution in [0.15, 0.2) is 30.3 Å². The maximum absolute atomic E-state index is 12.5. The van der Waals surface area contributed by atoms with Gasteiger partial charge in [0, 0.05) is 13.5 Å². The van der Waals surface area contributed by atoms with E-state index in [4.69, 9.17) is 4.84 Å².